The quantitative estimate of drug-likeness (QED) is 0.380. The third-order valence-electron chi connectivity index (χ3n) is 2.48. The van der Waals surface area contributed by atoms with Gasteiger partial charge < -0.3 is 29.6 Å². The molecule has 7 heteroatoms. The number of aldehydes is 1. The summed E-state index contributed by atoms with van der Waals surface area (Å²) in [5.74, 6) is -0.575. The van der Waals surface area contributed by atoms with Crippen molar-refractivity contribution in [2.45, 2.75) is 37.3 Å². The second-order valence-corrected chi connectivity index (χ2v) is 3.81. The summed E-state index contributed by atoms with van der Waals surface area (Å²) in [5.41, 5.74) is 0. The average Bonchev–Trinajstić information content (AvgIpc) is 2.32. The van der Waals surface area contributed by atoms with Gasteiger partial charge in [0.2, 0.25) is 0 Å². The molecule has 0 bridgehead atoms. The largest absolute Gasteiger partial charge is 0.463 e. The van der Waals surface area contributed by atoms with Crippen LogP contribution >= 0.6 is 0 Å². The second kappa shape index (κ2) is 6.65. The van der Waals surface area contributed by atoms with Crippen molar-refractivity contribution < 1.29 is 34.4 Å². The minimum Gasteiger partial charge on any atom is -0.463 e. The molecular formula is C10H16O7. The van der Waals surface area contributed by atoms with Crippen molar-refractivity contribution in [1.82, 2.24) is 0 Å². The van der Waals surface area contributed by atoms with Crippen molar-refractivity contribution in [3.63, 3.8) is 0 Å². The first-order valence-electron chi connectivity index (χ1n) is 5.31. The number of rotatable bonds is 5. The van der Waals surface area contributed by atoms with Crippen molar-refractivity contribution in [2.24, 2.45) is 0 Å². The molecule has 0 radical (unpaired) electrons. The van der Waals surface area contributed by atoms with E-state index >= 15 is 0 Å². The fourth-order valence-corrected chi connectivity index (χ4v) is 1.44. The Balaban J connectivity index is 2.31. The third-order valence-corrected chi connectivity index (χ3v) is 2.48. The second-order valence-electron chi connectivity index (χ2n) is 3.81. The predicted octanol–water partition coefficient (Wildman–Crippen LogP) is -2.01. The van der Waals surface area contributed by atoms with E-state index in [1.165, 1.54) is 0 Å². The summed E-state index contributed by atoms with van der Waals surface area (Å²) in [5, 5.41) is 28.0. The first-order valence-corrected chi connectivity index (χ1v) is 5.31. The van der Waals surface area contributed by atoms with Crippen LogP contribution in [0.5, 0.6) is 0 Å². The van der Waals surface area contributed by atoms with E-state index in [1.807, 2.05) is 0 Å². The SMILES string of the molecule is O=CCCC(=O)OCC1OCC(O)C(O)C1O. The van der Waals surface area contributed by atoms with Crippen LogP contribution in [0.25, 0.3) is 0 Å². The van der Waals surface area contributed by atoms with Gasteiger partial charge in [-0.3, -0.25) is 4.79 Å². The maximum Gasteiger partial charge on any atom is 0.306 e. The van der Waals surface area contributed by atoms with Gasteiger partial charge in [-0.1, -0.05) is 0 Å². The van der Waals surface area contributed by atoms with Crippen molar-refractivity contribution in [1.29, 1.82) is 0 Å². The number of carbonyl (C=O) groups is 2. The summed E-state index contributed by atoms with van der Waals surface area (Å²) in [7, 11) is 0. The van der Waals surface area contributed by atoms with E-state index in [0.29, 0.717) is 6.29 Å². The third kappa shape index (κ3) is 4.04. The Hall–Kier alpha value is -1.02. The first-order chi connectivity index (χ1) is 8.06. The van der Waals surface area contributed by atoms with Crippen LogP contribution in [0, 0.1) is 0 Å². The fraction of sp³-hybridized carbons (Fsp3) is 0.800. The Morgan fingerprint density at radius 2 is 2.06 bits per heavy atom. The molecule has 1 aliphatic rings. The summed E-state index contributed by atoms with van der Waals surface area (Å²) in [6, 6.07) is 0. The van der Waals surface area contributed by atoms with Gasteiger partial charge in [-0.15, -0.1) is 0 Å². The van der Waals surface area contributed by atoms with E-state index in [9.17, 15) is 24.9 Å². The Bertz CT molecular complexity index is 267. The Labute approximate surface area is 98.0 Å². The molecule has 3 N–H and O–H groups in total. The van der Waals surface area contributed by atoms with Gasteiger partial charge in [0, 0.05) is 6.42 Å². The summed E-state index contributed by atoms with van der Waals surface area (Å²) in [6.45, 7) is -0.350. The van der Waals surface area contributed by atoms with E-state index in [2.05, 4.69) is 0 Å². The summed E-state index contributed by atoms with van der Waals surface area (Å²) in [4.78, 5) is 21.1. The smallest absolute Gasteiger partial charge is 0.306 e. The highest BCUT2D eigenvalue weighted by Crippen LogP contribution is 2.15. The molecule has 17 heavy (non-hydrogen) atoms. The van der Waals surface area contributed by atoms with E-state index in [-0.39, 0.29) is 26.1 Å². The molecule has 1 aliphatic heterocycles. The van der Waals surface area contributed by atoms with Gasteiger partial charge in [0.25, 0.3) is 0 Å². The van der Waals surface area contributed by atoms with Crippen LogP contribution in [0.2, 0.25) is 0 Å². The molecule has 1 fully saturated rings. The lowest BCUT2D eigenvalue weighted by Crippen LogP contribution is -2.54. The maximum absolute atomic E-state index is 11.1. The molecule has 7 nitrogen and oxygen atoms in total. The van der Waals surface area contributed by atoms with Crippen LogP contribution in [0.3, 0.4) is 0 Å². The Kier molecular flexibility index (Phi) is 5.49. The standard InChI is InChI=1S/C10H16O7/c11-3-1-2-8(13)17-5-7-10(15)9(14)6(12)4-16-7/h3,6-7,9-10,12,14-15H,1-2,4-5H2. The summed E-state index contributed by atoms with van der Waals surface area (Å²) < 4.78 is 9.78. The highest BCUT2D eigenvalue weighted by Gasteiger charge is 2.37. The molecule has 0 saturated carbocycles. The van der Waals surface area contributed by atoms with E-state index in [1.54, 1.807) is 0 Å². The van der Waals surface area contributed by atoms with E-state index < -0.39 is 30.4 Å². The van der Waals surface area contributed by atoms with Crippen molar-refractivity contribution >= 4 is 12.3 Å². The summed E-state index contributed by atoms with van der Waals surface area (Å²) >= 11 is 0. The molecule has 0 aromatic carbocycles. The van der Waals surface area contributed by atoms with Gasteiger partial charge in [-0.05, 0) is 0 Å². The van der Waals surface area contributed by atoms with Crippen LogP contribution in [0.1, 0.15) is 12.8 Å². The highest BCUT2D eigenvalue weighted by molar-refractivity contribution is 5.72. The van der Waals surface area contributed by atoms with Crippen molar-refractivity contribution in [3.05, 3.63) is 0 Å². The number of aliphatic hydroxyl groups is 3. The van der Waals surface area contributed by atoms with Gasteiger partial charge in [-0.2, -0.15) is 0 Å². The molecule has 0 aromatic rings. The molecule has 1 saturated heterocycles. The van der Waals surface area contributed by atoms with Crippen LogP contribution in [-0.2, 0) is 19.1 Å². The number of hydrogen-bond acceptors (Lipinski definition) is 7. The molecule has 0 aromatic heterocycles. The van der Waals surface area contributed by atoms with Crippen molar-refractivity contribution in [2.75, 3.05) is 13.2 Å². The molecular weight excluding hydrogens is 232 g/mol. The van der Waals surface area contributed by atoms with Gasteiger partial charge in [0.05, 0.1) is 13.0 Å². The number of esters is 1. The van der Waals surface area contributed by atoms with Crippen LogP contribution < -0.4 is 0 Å². The van der Waals surface area contributed by atoms with Gasteiger partial charge >= 0.3 is 5.97 Å². The predicted molar refractivity (Wildman–Crippen MR) is 54.0 cm³/mol. The van der Waals surface area contributed by atoms with E-state index in [0.717, 1.165) is 0 Å². The molecule has 0 aliphatic carbocycles. The van der Waals surface area contributed by atoms with Gasteiger partial charge in [0.15, 0.2) is 0 Å². The van der Waals surface area contributed by atoms with Gasteiger partial charge in [-0.25, -0.2) is 0 Å². The lowest BCUT2D eigenvalue weighted by molar-refractivity contribution is -0.201. The number of ether oxygens (including phenoxy) is 2. The molecule has 0 amide bonds. The molecule has 0 spiro atoms. The minimum absolute atomic E-state index is 0.0303. The maximum atomic E-state index is 11.1. The number of aliphatic hydroxyl groups excluding tert-OH is 3. The van der Waals surface area contributed by atoms with Crippen LogP contribution in [0.4, 0.5) is 0 Å². The number of carbonyl (C=O) groups excluding carboxylic acids is 2. The average molecular weight is 248 g/mol. The molecule has 4 unspecified atom stereocenters. The summed E-state index contributed by atoms with van der Waals surface area (Å²) in [6.07, 6.45) is -3.99. The Morgan fingerprint density at radius 3 is 2.71 bits per heavy atom. The Morgan fingerprint density at radius 1 is 1.35 bits per heavy atom. The van der Waals surface area contributed by atoms with E-state index in [4.69, 9.17) is 9.47 Å². The van der Waals surface area contributed by atoms with Crippen LogP contribution in [0.15, 0.2) is 0 Å². The topological polar surface area (TPSA) is 113 Å². The zero-order chi connectivity index (χ0) is 12.8. The molecule has 1 heterocycles. The minimum atomic E-state index is -1.32. The monoisotopic (exact) mass is 248 g/mol. The molecule has 4 atom stereocenters. The zero-order valence-corrected chi connectivity index (χ0v) is 9.19. The normalized spacial score (nSPS) is 33.1. The molecule has 1 rings (SSSR count). The fourth-order valence-electron chi connectivity index (χ4n) is 1.44. The van der Waals surface area contributed by atoms with Crippen LogP contribution in [-0.4, -0.2) is 65.2 Å². The molecule has 98 valence electrons. The number of hydrogen-bond donors (Lipinski definition) is 3. The first kappa shape index (κ1) is 14.0. The highest BCUT2D eigenvalue weighted by atomic mass is 16.6. The lowest BCUT2D eigenvalue weighted by Gasteiger charge is -2.34. The lowest BCUT2D eigenvalue weighted by atomic mass is 10.0. The van der Waals surface area contributed by atoms with Crippen molar-refractivity contribution in [3.8, 4) is 0 Å². The zero-order valence-electron chi connectivity index (χ0n) is 9.19. The van der Waals surface area contributed by atoms with Gasteiger partial charge in [0.1, 0.15) is 37.3 Å².